The van der Waals surface area contributed by atoms with E-state index in [1.165, 1.54) is 24.1 Å². The van der Waals surface area contributed by atoms with Crippen LogP contribution in [0.2, 0.25) is 0 Å². The predicted molar refractivity (Wildman–Crippen MR) is 94.6 cm³/mol. The van der Waals surface area contributed by atoms with Crippen molar-refractivity contribution in [2.75, 3.05) is 20.2 Å². The van der Waals surface area contributed by atoms with Gasteiger partial charge in [-0.3, -0.25) is 9.69 Å². The molecule has 1 aromatic carbocycles. The van der Waals surface area contributed by atoms with Gasteiger partial charge in [-0.2, -0.15) is 0 Å². The van der Waals surface area contributed by atoms with Crippen molar-refractivity contribution in [3.8, 4) is 5.69 Å². The lowest BCUT2D eigenvalue weighted by atomic mass is 9.98. The van der Waals surface area contributed by atoms with E-state index in [2.05, 4.69) is 38.7 Å². The summed E-state index contributed by atoms with van der Waals surface area (Å²) < 4.78 is 7.22. The Morgan fingerprint density at radius 1 is 1.40 bits per heavy atom. The minimum atomic E-state index is -0.310. The first-order valence-corrected chi connectivity index (χ1v) is 8.88. The zero-order chi connectivity index (χ0) is 17.4. The van der Waals surface area contributed by atoms with Gasteiger partial charge in [0.2, 0.25) is 0 Å². The number of carbonyl (C=O) groups is 1. The van der Waals surface area contributed by atoms with Crippen LogP contribution in [0.1, 0.15) is 23.4 Å². The van der Waals surface area contributed by atoms with Crippen LogP contribution >= 0.6 is 0 Å². The van der Waals surface area contributed by atoms with Gasteiger partial charge in [-0.05, 0) is 30.9 Å². The van der Waals surface area contributed by atoms with Gasteiger partial charge in [0, 0.05) is 36.9 Å². The Morgan fingerprint density at radius 3 is 3.00 bits per heavy atom. The fourth-order valence-corrected chi connectivity index (χ4v) is 4.04. The normalized spacial score (nSPS) is 20.8. The summed E-state index contributed by atoms with van der Waals surface area (Å²) in [5.74, 6) is -0.202. The minimum absolute atomic E-state index is 0.134. The van der Waals surface area contributed by atoms with E-state index in [0.717, 1.165) is 38.0 Å². The predicted octanol–water partition coefficient (Wildman–Crippen LogP) is 1.09. The van der Waals surface area contributed by atoms with Crippen LogP contribution in [0.25, 0.3) is 5.69 Å². The van der Waals surface area contributed by atoms with Crippen LogP contribution in [0.4, 0.5) is 0 Å². The number of nitrogens with zero attached hydrogens (tertiary/aromatic N) is 3. The lowest BCUT2D eigenvalue weighted by Crippen LogP contribution is -2.43. The second-order valence-electron chi connectivity index (χ2n) is 6.92. The second-order valence-corrected chi connectivity index (χ2v) is 6.92. The Labute approximate surface area is 147 Å². The average Bonchev–Trinajstić information content (AvgIpc) is 3.25. The SMILES string of the molecule is COC(=O)[C@H](Cc1ncn2c1CCc1ccccc1-2)N1CC[C@H](N)C1. The molecule has 6 nitrogen and oxygen atoms in total. The van der Waals surface area contributed by atoms with Gasteiger partial charge in [-0.1, -0.05) is 18.2 Å². The lowest BCUT2D eigenvalue weighted by molar-refractivity contribution is -0.146. The molecule has 2 atom stereocenters. The molecule has 0 spiro atoms. The molecule has 0 amide bonds. The maximum atomic E-state index is 12.4. The summed E-state index contributed by atoms with van der Waals surface area (Å²) >= 11 is 0. The number of aromatic nitrogens is 2. The quantitative estimate of drug-likeness (QED) is 0.844. The number of rotatable bonds is 4. The number of methoxy groups -OCH3 is 1. The molecule has 2 aliphatic heterocycles. The first-order chi connectivity index (χ1) is 12.2. The number of para-hydroxylation sites is 1. The third-order valence-electron chi connectivity index (χ3n) is 5.39. The number of ether oxygens (including phenoxy) is 1. The Morgan fingerprint density at radius 2 is 2.24 bits per heavy atom. The van der Waals surface area contributed by atoms with Crippen molar-refractivity contribution < 1.29 is 9.53 Å². The fraction of sp³-hybridized carbons (Fsp3) is 0.474. The number of benzene rings is 1. The summed E-state index contributed by atoms with van der Waals surface area (Å²) in [6, 6.07) is 8.24. The summed E-state index contributed by atoms with van der Waals surface area (Å²) in [6.45, 7) is 1.57. The van der Waals surface area contributed by atoms with E-state index in [1.807, 2.05) is 6.33 Å². The van der Waals surface area contributed by atoms with Crippen molar-refractivity contribution in [2.24, 2.45) is 5.73 Å². The highest BCUT2D eigenvalue weighted by Gasteiger charge is 2.33. The molecule has 2 N–H and O–H groups in total. The second kappa shape index (κ2) is 6.61. The summed E-state index contributed by atoms with van der Waals surface area (Å²) in [4.78, 5) is 19.1. The molecule has 2 aliphatic rings. The molecular formula is C19H24N4O2. The molecule has 4 rings (SSSR count). The number of carbonyl (C=O) groups excluding carboxylic acids is 1. The summed E-state index contributed by atoms with van der Waals surface area (Å²) in [6.07, 6.45) is 5.32. The summed E-state index contributed by atoms with van der Waals surface area (Å²) in [7, 11) is 1.45. The van der Waals surface area contributed by atoms with Crippen LogP contribution in [0.3, 0.4) is 0 Å². The number of imidazole rings is 1. The fourth-order valence-electron chi connectivity index (χ4n) is 4.04. The molecule has 2 aromatic rings. The Hall–Kier alpha value is -2.18. The third-order valence-corrected chi connectivity index (χ3v) is 5.39. The van der Waals surface area contributed by atoms with E-state index in [0.29, 0.717) is 6.42 Å². The number of fused-ring (bicyclic) bond motifs is 3. The highest BCUT2D eigenvalue weighted by Crippen LogP contribution is 2.27. The number of esters is 1. The molecule has 25 heavy (non-hydrogen) atoms. The van der Waals surface area contributed by atoms with E-state index in [1.54, 1.807) is 0 Å². The van der Waals surface area contributed by atoms with Crippen molar-refractivity contribution in [1.82, 2.24) is 14.5 Å². The molecule has 6 heteroatoms. The molecule has 0 bridgehead atoms. The van der Waals surface area contributed by atoms with E-state index < -0.39 is 0 Å². The first-order valence-electron chi connectivity index (χ1n) is 8.88. The molecule has 1 aromatic heterocycles. The third kappa shape index (κ3) is 2.96. The van der Waals surface area contributed by atoms with Crippen molar-refractivity contribution in [1.29, 1.82) is 0 Å². The van der Waals surface area contributed by atoms with Gasteiger partial charge in [0.1, 0.15) is 6.04 Å². The van der Waals surface area contributed by atoms with E-state index in [9.17, 15) is 4.79 Å². The molecule has 1 saturated heterocycles. The highest BCUT2D eigenvalue weighted by atomic mass is 16.5. The van der Waals surface area contributed by atoms with Crippen LogP contribution in [0.5, 0.6) is 0 Å². The first kappa shape index (κ1) is 16.3. The van der Waals surface area contributed by atoms with Crippen LogP contribution in [-0.4, -0.2) is 52.7 Å². The van der Waals surface area contributed by atoms with Gasteiger partial charge in [0.25, 0.3) is 0 Å². The Balaban J connectivity index is 1.62. The summed E-state index contributed by atoms with van der Waals surface area (Å²) in [5, 5.41) is 0. The topological polar surface area (TPSA) is 73.4 Å². The Bertz CT molecular complexity index is 785. The van der Waals surface area contributed by atoms with Gasteiger partial charge in [0.15, 0.2) is 0 Å². The van der Waals surface area contributed by atoms with Gasteiger partial charge in [0.05, 0.1) is 19.1 Å². The average molecular weight is 340 g/mol. The van der Waals surface area contributed by atoms with Crippen molar-refractivity contribution >= 4 is 5.97 Å². The van der Waals surface area contributed by atoms with Crippen LogP contribution in [0.15, 0.2) is 30.6 Å². The standard InChI is InChI=1S/C19H24N4O2/c1-25-19(24)18(22-9-8-14(20)11-22)10-15-17-7-6-13-4-2-3-5-16(13)23(17)12-21-15/h2-5,12,14,18H,6-11,20H2,1H3/t14-,18-/m0/s1. The maximum absolute atomic E-state index is 12.4. The van der Waals surface area contributed by atoms with E-state index in [-0.39, 0.29) is 18.1 Å². The molecule has 3 heterocycles. The molecule has 0 unspecified atom stereocenters. The van der Waals surface area contributed by atoms with Crippen LogP contribution < -0.4 is 5.73 Å². The summed E-state index contributed by atoms with van der Waals surface area (Å²) in [5.41, 5.74) is 10.8. The molecule has 0 aliphatic carbocycles. The number of hydrogen-bond acceptors (Lipinski definition) is 5. The monoisotopic (exact) mass is 340 g/mol. The van der Waals surface area contributed by atoms with Crippen LogP contribution in [-0.2, 0) is 28.8 Å². The zero-order valence-electron chi connectivity index (χ0n) is 14.5. The molecule has 0 radical (unpaired) electrons. The smallest absolute Gasteiger partial charge is 0.323 e. The van der Waals surface area contributed by atoms with Crippen molar-refractivity contribution in [3.05, 3.63) is 47.5 Å². The van der Waals surface area contributed by atoms with Crippen LogP contribution in [0, 0.1) is 0 Å². The number of likely N-dealkylation sites (tertiary alicyclic amines) is 1. The maximum Gasteiger partial charge on any atom is 0.323 e. The number of aryl methyl sites for hydroxylation is 1. The number of nitrogens with two attached hydrogens (primary N) is 1. The van der Waals surface area contributed by atoms with Crippen molar-refractivity contribution in [3.63, 3.8) is 0 Å². The van der Waals surface area contributed by atoms with E-state index in [4.69, 9.17) is 10.5 Å². The van der Waals surface area contributed by atoms with Gasteiger partial charge < -0.3 is 15.0 Å². The van der Waals surface area contributed by atoms with Crippen molar-refractivity contribution in [2.45, 2.75) is 37.8 Å². The minimum Gasteiger partial charge on any atom is -0.468 e. The Kier molecular flexibility index (Phi) is 4.31. The molecule has 132 valence electrons. The molecule has 0 saturated carbocycles. The largest absolute Gasteiger partial charge is 0.468 e. The molecule has 1 fully saturated rings. The lowest BCUT2D eigenvalue weighted by Gasteiger charge is -2.26. The van der Waals surface area contributed by atoms with Gasteiger partial charge >= 0.3 is 5.97 Å². The number of hydrogen-bond donors (Lipinski definition) is 1. The van der Waals surface area contributed by atoms with E-state index >= 15 is 0 Å². The zero-order valence-corrected chi connectivity index (χ0v) is 14.5. The molecular weight excluding hydrogens is 316 g/mol. The van der Waals surface area contributed by atoms with Gasteiger partial charge in [-0.25, -0.2) is 4.98 Å². The van der Waals surface area contributed by atoms with Gasteiger partial charge in [-0.15, -0.1) is 0 Å². The highest BCUT2D eigenvalue weighted by molar-refractivity contribution is 5.76.